The number of guanidine groups is 1. The van der Waals surface area contributed by atoms with Crippen LogP contribution in [0.5, 0.6) is 0 Å². The molecule has 0 fully saturated rings. The molecular formula is C21H35IN6. The summed E-state index contributed by atoms with van der Waals surface area (Å²) in [6.45, 7) is 12.3. The molecule has 0 aliphatic carbocycles. The maximum atomic E-state index is 4.33. The van der Waals surface area contributed by atoms with Crippen LogP contribution >= 0.6 is 24.0 Å². The lowest BCUT2D eigenvalue weighted by atomic mass is 10.1. The third kappa shape index (κ3) is 8.18. The summed E-state index contributed by atoms with van der Waals surface area (Å²) < 4.78 is 1.93. The van der Waals surface area contributed by atoms with Crippen molar-refractivity contribution in [1.29, 1.82) is 0 Å². The topological polar surface area (TPSA) is 57.5 Å². The lowest BCUT2D eigenvalue weighted by molar-refractivity contribution is 0.178. The van der Waals surface area contributed by atoms with Crippen LogP contribution in [0.15, 0.2) is 47.7 Å². The number of nitrogens with one attached hydrogen (secondary N) is 2. The van der Waals surface area contributed by atoms with Gasteiger partial charge < -0.3 is 10.6 Å². The van der Waals surface area contributed by atoms with Crippen LogP contribution < -0.4 is 10.6 Å². The van der Waals surface area contributed by atoms with Gasteiger partial charge in [-0.05, 0) is 44.9 Å². The fourth-order valence-electron chi connectivity index (χ4n) is 3.24. The summed E-state index contributed by atoms with van der Waals surface area (Å²) >= 11 is 0. The first-order valence-electron chi connectivity index (χ1n) is 9.75. The van der Waals surface area contributed by atoms with E-state index in [2.05, 4.69) is 77.6 Å². The van der Waals surface area contributed by atoms with Crippen LogP contribution in [-0.2, 0) is 13.1 Å². The monoisotopic (exact) mass is 498 g/mol. The van der Waals surface area contributed by atoms with Gasteiger partial charge in [-0.25, -0.2) is 0 Å². The van der Waals surface area contributed by atoms with E-state index in [9.17, 15) is 0 Å². The van der Waals surface area contributed by atoms with Crippen molar-refractivity contribution in [2.75, 3.05) is 20.1 Å². The van der Waals surface area contributed by atoms with Crippen molar-refractivity contribution < 1.29 is 0 Å². The Morgan fingerprint density at radius 1 is 1.11 bits per heavy atom. The van der Waals surface area contributed by atoms with Crippen molar-refractivity contribution in [1.82, 2.24) is 25.3 Å². The van der Waals surface area contributed by atoms with Gasteiger partial charge in [0.15, 0.2) is 5.96 Å². The van der Waals surface area contributed by atoms with Gasteiger partial charge in [-0.2, -0.15) is 5.10 Å². The number of rotatable bonds is 9. The first-order chi connectivity index (χ1) is 13.0. The van der Waals surface area contributed by atoms with E-state index in [1.54, 1.807) is 6.20 Å². The highest BCUT2D eigenvalue weighted by Crippen LogP contribution is 2.07. The molecule has 2 N–H and O–H groups in total. The minimum absolute atomic E-state index is 0. The van der Waals surface area contributed by atoms with Gasteiger partial charge in [-0.1, -0.05) is 24.3 Å². The molecule has 0 spiro atoms. The maximum Gasteiger partial charge on any atom is 0.191 e. The predicted molar refractivity (Wildman–Crippen MR) is 128 cm³/mol. The van der Waals surface area contributed by atoms with E-state index in [0.29, 0.717) is 12.1 Å². The summed E-state index contributed by atoms with van der Waals surface area (Å²) in [6.07, 6.45) is 3.79. The molecular weight excluding hydrogens is 463 g/mol. The van der Waals surface area contributed by atoms with Crippen molar-refractivity contribution in [3.05, 3.63) is 53.9 Å². The Bertz CT molecular complexity index is 689. The molecule has 0 aliphatic rings. The van der Waals surface area contributed by atoms with Gasteiger partial charge in [-0.3, -0.25) is 14.6 Å². The number of aliphatic imine (C=N–C) groups is 1. The van der Waals surface area contributed by atoms with Crippen molar-refractivity contribution in [3.8, 4) is 0 Å². The Morgan fingerprint density at radius 3 is 2.43 bits per heavy atom. The zero-order chi connectivity index (χ0) is 19.6. The number of hydrogen-bond donors (Lipinski definition) is 2. The summed E-state index contributed by atoms with van der Waals surface area (Å²) in [5.41, 5.74) is 2.47. The average Bonchev–Trinajstić information content (AvgIpc) is 3.13. The Hall–Kier alpha value is -1.61. The lowest BCUT2D eigenvalue weighted by Crippen LogP contribution is -2.45. The smallest absolute Gasteiger partial charge is 0.191 e. The first kappa shape index (κ1) is 24.4. The third-order valence-corrected chi connectivity index (χ3v) is 4.57. The number of hydrogen-bond acceptors (Lipinski definition) is 3. The molecule has 156 valence electrons. The van der Waals surface area contributed by atoms with Crippen LogP contribution in [0.4, 0.5) is 0 Å². The van der Waals surface area contributed by atoms with Gasteiger partial charge >= 0.3 is 0 Å². The molecule has 2 rings (SSSR count). The van der Waals surface area contributed by atoms with Crippen LogP contribution in [0, 0.1) is 0 Å². The van der Waals surface area contributed by atoms with Gasteiger partial charge in [0.05, 0.1) is 6.54 Å². The zero-order valence-electron chi connectivity index (χ0n) is 17.7. The predicted octanol–water partition coefficient (Wildman–Crippen LogP) is 3.33. The normalized spacial score (nSPS) is 11.8. The van der Waals surface area contributed by atoms with E-state index in [1.165, 1.54) is 11.1 Å². The van der Waals surface area contributed by atoms with Crippen LogP contribution in [0.1, 0.15) is 38.8 Å². The quantitative estimate of drug-likeness (QED) is 0.317. The van der Waals surface area contributed by atoms with E-state index in [1.807, 2.05) is 24.0 Å². The molecule has 1 heterocycles. The molecule has 0 saturated carbocycles. The molecule has 0 saturated heterocycles. The molecule has 0 atom stereocenters. The zero-order valence-corrected chi connectivity index (χ0v) is 20.1. The van der Waals surface area contributed by atoms with Gasteiger partial charge in [0, 0.05) is 51.2 Å². The van der Waals surface area contributed by atoms with Crippen molar-refractivity contribution in [3.63, 3.8) is 0 Å². The van der Waals surface area contributed by atoms with E-state index in [4.69, 9.17) is 0 Å². The molecule has 0 amide bonds. The van der Waals surface area contributed by atoms with Gasteiger partial charge in [0.2, 0.25) is 0 Å². The van der Waals surface area contributed by atoms with Crippen LogP contribution in [0.2, 0.25) is 0 Å². The molecule has 7 heteroatoms. The summed E-state index contributed by atoms with van der Waals surface area (Å²) in [5, 5.41) is 11.1. The Balaban J connectivity index is 0.00000392. The van der Waals surface area contributed by atoms with E-state index in [0.717, 1.165) is 32.1 Å². The number of aromatic nitrogens is 2. The van der Waals surface area contributed by atoms with Gasteiger partial charge in [-0.15, -0.1) is 24.0 Å². The molecule has 6 nitrogen and oxygen atoms in total. The molecule has 0 aliphatic heterocycles. The number of halogens is 1. The molecule has 28 heavy (non-hydrogen) atoms. The van der Waals surface area contributed by atoms with E-state index in [-0.39, 0.29) is 24.0 Å². The average molecular weight is 498 g/mol. The summed E-state index contributed by atoms with van der Waals surface area (Å²) in [5.74, 6) is 0.833. The maximum absolute atomic E-state index is 4.33. The van der Waals surface area contributed by atoms with Crippen LogP contribution in [-0.4, -0.2) is 52.9 Å². The SMILES string of the molecule is CN=C(NCCN(C(C)C)C(C)C)NCc1cccc(Cn2cccn2)c1.I. The molecule has 0 radical (unpaired) electrons. The first-order valence-corrected chi connectivity index (χ1v) is 9.75. The molecule has 0 unspecified atom stereocenters. The van der Waals surface area contributed by atoms with Gasteiger partial charge in [0.25, 0.3) is 0 Å². The highest BCUT2D eigenvalue weighted by Gasteiger charge is 2.12. The highest BCUT2D eigenvalue weighted by molar-refractivity contribution is 14.0. The molecule has 2 aromatic rings. The largest absolute Gasteiger partial charge is 0.355 e. The van der Waals surface area contributed by atoms with Crippen molar-refractivity contribution >= 4 is 29.9 Å². The van der Waals surface area contributed by atoms with Crippen molar-refractivity contribution in [2.45, 2.75) is 52.9 Å². The Morgan fingerprint density at radius 2 is 1.82 bits per heavy atom. The van der Waals surface area contributed by atoms with E-state index >= 15 is 0 Å². The summed E-state index contributed by atoms with van der Waals surface area (Å²) in [7, 11) is 1.81. The Labute approximate surface area is 186 Å². The molecule has 1 aromatic carbocycles. The third-order valence-electron chi connectivity index (χ3n) is 4.57. The minimum Gasteiger partial charge on any atom is -0.355 e. The fraction of sp³-hybridized carbons (Fsp3) is 0.524. The second kappa shape index (κ2) is 12.8. The minimum atomic E-state index is 0. The number of nitrogens with zero attached hydrogens (tertiary/aromatic N) is 4. The second-order valence-electron chi connectivity index (χ2n) is 7.30. The standard InChI is InChI=1S/C21H34N6.HI/c1-17(2)27(18(3)4)13-11-23-21(22-5)24-15-19-8-6-9-20(14-19)16-26-12-7-10-25-26;/h6-10,12,14,17-18H,11,13,15-16H2,1-5H3,(H2,22,23,24);1H. The summed E-state index contributed by atoms with van der Waals surface area (Å²) in [4.78, 5) is 6.81. The second-order valence-corrected chi connectivity index (χ2v) is 7.30. The fourth-order valence-corrected chi connectivity index (χ4v) is 3.24. The van der Waals surface area contributed by atoms with Gasteiger partial charge in [0.1, 0.15) is 0 Å². The lowest BCUT2D eigenvalue weighted by Gasteiger charge is -2.30. The number of benzene rings is 1. The summed E-state index contributed by atoms with van der Waals surface area (Å²) in [6, 6.07) is 11.6. The molecule has 0 bridgehead atoms. The highest BCUT2D eigenvalue weighted by atomic mass is 127. The van der Waals surface area contributed by atoms with E-state index < -0.39 is 0 Å². The van der Waals surface area contributed by atoms with Crippen molar-refractivity contribution in [2.24, 2.45) is 4.99 Å². The van der Waals surface area contributed by atoms with Crippen LogP contribution in [0.25, 0.3) is 0 Å². The molecule has 1 aromatic heterocycles. The Kier molecular flexibility index (Phi) is 11.1. The van der Waals surface area contributed by atoms with Crippen LogP contribution in [0.3, 0.4) is 0 Å².